The summed E-state index contributed by atoms with van der Waals surface area (Å²) in [6.07, 6.45) is 2.65. The zero-order valence-electron chi connectivity index (χ0n) is 11.2. The maximum Gasteiger partial charge on any atom is 0.123 e. The minimum absolute atomic E-state index is 0.169. The largest absolute Gasteiger partial charge is 0.390 e. The van der Waals surface area contributed by atoms with Crippen LogP contribution in [0.2, 0.25) is 0 Å². The molecule has 0 radical (unpaired) electrons. The summed E-state index contributed by atoms with van der Waals surface area (Å²) in [7, 11) is 0. The third-order valence-electron chi connectivity index (χ3n) is 3.86. The summed E-state index contributed by atoms with van der Waals surface area (Å²) in [5.41, 5.74) is 1.65. The zero-order valence-corrected chi connectivity index (χ0v) is 11.2. The van der Waals surface area contributed by atoms with Crippen molar-refractivity contribution in [2.75, 3.05) is 13.1 Å². The van der Waals surface area contributed by atoms with E-state index in [1.807, 2.05) is 19.9 Å². The number of aliphatic hydroxyl groups is 1. The molecule has 1 atom stereocenters. The smallest absolute Gasteiger partial charge is 0.123 e. The lowest BCUT2D eigenvalue weighted by Gasteiger charge is -2.23. The van der Waals surface area contributed by atoms with Crippen molar-refractivity contribution in [3.63, 3.8) is 0 Å². The van der Waals surface area contributed by atoms with Crippen LogP contribution in [0.3, 0.4) is 0 Å². The summed E-state index contributed by atoms with van der Waals surface area (Å²) < 4.78 is 13.2. The van der Waals surface area contributed by atoms with E-state index in [0.29, 0.717) is 0 Å². The molecule has 1 saturated heterocycles. The van der Waals surface area contributed by atoms with Crippen LogP contribution >= 0.6 is 0 Å². The Balaban J connectivity index is 2.03. The first kappa shape index (κ1) is 13.5. The van der Waals surface area contributed by atoms with Gasteiger partial charge in [0.15, 0.2) is 0 Å². The van der Waals surface area contributed by atoms with Crippen LogP contribution in [0, 0.1) is 12.7 Å². The maximum atomic E-state index is 13.2. The number of hydrogen-bond donors (Lipinski definition) is 1. The first-order valence-corrected chi connectivity index (χ1v) is 6.66. The average Bonchev–Trinajstić information content (AvgIpc) is 2.46. The summed E-state index contributed by atoms with van der Waals surface area (Å²) in [5, 5.41) is 10.1. The quantitative estimate of drug-likeness (QED) is 0.873. The summed E-state index contributed by atoms with van der Waals surface area (Å²) in [6.45, 7) is 6.56. The van der Waals surface area contributed by atoms with Crippen LogP contribution in [-0.2, 0) is 6.54 Å². The molecule has 100 valence electrons. The molecule has 1 aliphatic heterocycles. The second kappa shape index (κ2) is 5.37. The normalized spacial score (nSPS) is 26.0. The van der Waals surface area contributed by atoms with Crippen LogP contribution in [0.4, 0.5) is 4.39 Å². The summed E-state index contributed by atoms with van der Waals surface area (Å²) in [4.78, 5) is 2.31. The molecule has 1 unspecified atom stereocenters. The molecule has 18 heavy (non-hydrogen) atoms. The molecule has 1 aromatic carbocycles. The van der Waals surface area contributed by atoms with Gasteiger partial charge in [-0.2, -0.15) is 0 Å². The monoisotopic (exact) mass is 251 g/mol. The molecule has 1 fully saturated rings. The molecule has 0 aromatic heterocycles. The van der Waals surface area contributed by atoms with Gasteiger partial charge in [0, 0.05) is 13.1 Å². The Kier molecular flexibility index (Phi) is 4.03. The number of likely N-dealkylation sites (tertiary alicyclic amines) is 1. The molecule has 0 aliphatic carbocycles. The van der Waals surface area contributed by atoms with Gasteiger partial charge in [0.25, 0.3) is 0 Å². The third-order valence-corrected chi connectivity index (χ3v) is 3.86. The molecular formula is C15H22FNO. The van der Waals surface area contributed by atoms with Crippen molar-refractivity contribution in [3.8, 4) is 0 Å². The molecular weight excluding hydrogens is 229 g/mol. The van der Waals surface area contributed by atoms with Crippen molar-refractivity contribution < 1.29 is 9.50 Å². The Bertz CT molecular complexity index is 417. The predicted octanol–water partition coefficient (Wildman–Crippen LogP) is 2.87. The highest BCUT2D eigenvalue weighted by Gasteiger charge is 2.24. The second-order valence-corrected chi connectivity index (χ2v) is 5.70. The van der Waals surface area contributed by atoms with Crippen LogP contribution in [0.25, 0.3) is 0 Å². The van der Waals surface area contributed by atoms with Crippen molar-refractivity contribution in [2.24, 2.45) is 0 Å². The lowest BCUT2D eigenvalue weighted by atomic mass is 9.98. The number of hydrogen-bond acceptors (Lipinski definition) is 2. The number of halogens is 1. The van der Waals surface area contributed by atoms with Gasteiger partial charge in [-0.1, -0.05) is 6.07 Å². The molecule has 0 spiro atoms. The van der Waals surface area contributed by atoms with Gasteiger partial charge >= 0.3 is 0 Å². The van der Waals surface area contributed by atoms with Crippen LogP contribution in [0.5, 0.6) is 0 Å². The first-order valence-electron chi connectivity index (χ1n) is 6.66. The molecule has 0 saturated carbocycles. The van der Waals surface area contributed by atoms with Crippen LogP contribution in [0.1, 0.15) is 37.3 Å². The Morgan fingerprint density at radius 2 is 2.11 bits per heavy atom. The van der Waals surface area contributed by atoms with E-state index in [9.17, 15) is 9.50 Å². The molecule has 2 nitrogen and oxygen atoms in total. The maximum absolute atomic E-state index is 13.2. The number of rotatable bonds is 2. The molecule has 1 heterocycles. The molecule has 1 N–H and O–H groups in total. The van der Waals surface area contributed by atoms with Gasteiger partial charge in [0.05, 0.1) is 5.60 Å². The van der Waals surface area contributed by atoms with Crippen molar-refractivity contribution in [2.45, 2.75) is 45.3 Å². The van der Waals surface area contributed by atoms with Gasteiger partial charge in [0.1, 0.15) is 5.82 Å². The van der Waals surface area contributed by atoms with E-state index in [-0.39, 0.29) is 5.82 Å². The van der Waals surface area contributed by atoms with Crippen LogP contribution in [-0.4, -0.2) is 28.7 Å². The summed E-state index contributed by atoms with van der Waals surface area (Å²) >= 11 is 0. The molecule has 1 aliphatic rings. The van der Waals surface area contributed by atoms with E-state index in [4.69, 9.17) is 0 Å². The fourth-order valence-electron chi connectivity index (χ4n) is 2.53. The molecule has 0 bridgehead atoms. The minimum atomic E-state index is -0.536. The fraction of sp³-hybridized carbons (Fsp3) is 0.600. The predicted molar refractivity (Wildman–Crippen MR) is 70.9 cm³/mol. The van der Waals surface area contributed by atoms with Crippen molar-refractivity contribution in [1.82, 2.24) is 4.90 Å². The lowest BCUT2D eigenvalue weighted by molar-refractivity contribution is 0.0444. The second-order valence-electron chi connectivity index (χ2n) is 5.70. The lowest BCUT2D eigenvalue weighted by Crippen LogP contribution is -2.28. The van der Waals surface area contributed by atoms with Gasteiger partial charge in [-0.05, 0) is 62.9 Å². The van der Waals surface area contributed by atoms with Crippen molar-refractivity contribution >= 4 is 0 Å². The summed E-state index contributed by atoms with van der Waals surface area (Å²) in [5.74, 6) is -0.169. The van der Waals surface area contributed by atoms with Gasteiger partial charge < -0.3 is 5.11 Å². The molecule has 2 rings (SSSR count). The highest BCUT2D eigenvalue weighted by atomic mass is 19.1. The SMILES string of the molecule is Cc1ccc(F)cc1CN1CCCC(C)(O)CC1. The number of aryl methyl sites for hydroxylation is 1. The Morgan fingerprint density at radius 3 is 2.89 bits per heavy atom. The number of nitrogens with zero attached hydrogens (tertiary/aromatic N) is 1. The van der Waals surface area contributed by atoms with Gasteiger partial charge in [0.2, 0.25) is 0 Å². The molecule has 1 aromatic rings. The topological polar surface area (TPSA) is 23.5 Å². The Hall–Kier alpha value is -0.930. The zero-order chi connectivity index (χ0) is 13.2. The number of benzene rings is 1. The summed E-state index contributed by atoms with van der Waals surface area (Å²) in [6, 6.07) is 4.96. The van der Waals surface area contributed by atoms with E-state index in [2.05, 4.69) is 4.90 Å². The van der Waals surface area contributed by atoms with Crippen LogP contribution in [0.15, 0.2) is 18.2 Å². The molecule has 0 amide bonds. The standard InChI is InChI=1S/C15H22FNO/c1-12-4-5-14(16)10-13(12)11-17-8-3-6-15(2,18)7-9-17/h4-5,10,18H,3,6-9,11H2,1-2H3. The minimum Gasteiger partial charge on any atom is -0.390 e. The van der Waals surface area contributed by atoms with Gasteiger partial charge in [-0.25, -0.2) is 4.39 Å². The van der Waals surface area contributed by atoms with Crippen LogP contribution < -0.4 is 0 Å². The van der Waals surface area contributed by atoms with Gasteiger partial charge in [-0.15, -0.1) is 0 Å². The highest BCUT2D eigenvalue weighted by molar-refractivity contribution is 5.26. The first-order chi connectivity index (χ1) is 8.46. The Labute approximate surface area is 108 Å². The highest BCUT2D eigenvalue weighted by Crippen LogP contribution is 2.23. The van der Waals surface area contributed by atoms with Crippen molar-refractivity contribution in [1.29, 1.82) is 0 Å². The Morgan fingerprint density at radius 1 is 1.33 bits per heavy atom. The van der Waals surface area contributed by atoms with E-state index in [1.165, 1.54) is 6.07 Å². The van der Waals surface area contributed by atoms with E-state index >= 15 is 0 Å². The third kappa shape index (κ3) is 3.53. The van der Waals surface area contributed by atoms with E-state index < -0.39 is 5.60 Å². The van der Waals surface area contributed by atoms with E-state index in [1.54, 1.807) is 6.07 Å². The average molecular weight is 251 g/mol. The van der Waals surface area contributed by atoms with Crippen molar-refractivity contribution in [3.05, 3.63) is 35.1 Å². The molecule has 3 heteroatoms. The van der Waals surface area contributed by atoms with Gasteiger partial charge in [-0.3, -0.25) is 4.90 Å². The fourth-order valence-corrected chi connectivity index (χ4v) is 2.53. The van der Waals surface area contributed by atoms with E-state index in [0.717, 1.165) is 50.0 Å².